The summed E-state index contributed by atoms with van der Waals surface area (Å²) in [4.78, 5) is 24.7. The number of nitrogens with one attached hydrogen (secondary N) is 1. The maximum atomic E-state index is 12.1. The molecule has 6 heteroatoms. The van der Waals surface area contributed by atoms with Gasteiger partial charge in [-0.3, -0.25) is 0 Å². The Bertz CT molecular complexity index is 444. The number of nitrogens with zero attached hydrogens (tertiary/aromatic N) is 1. The zero-order chi connectivity index (χ0) is 13.8. The first-order valence-corrected chi connectivity index (χ1v) is 6.43. The summed E-state index contributed by atoms with van der Waals surface area (Å²) < 4.78 is 5.21. The molecule has 0 saturated carbocycles. The average Bonchev–Trinajstić information content (AvgIpc) is 2.92. The molecule has 2 unspecified atom stereocenters. The number of urea groups is 1. The zero-order valence-corrected chi connectivity index (χ0v) is 10.8. The molecule has 0 bridgehead atoms. The second-order valence-corrected chi connectivity index (χ2v) is 4.73. The number of carboxylic acids is 1. The van der Waals surface area contributed by atoms with Gasteiger partial charge in [0.15, 0.2) is 0 Å². The second-order valence-electron chi connectivity index (χ2n) is 4.73. The lowest BCUT2D eigenvalue weighted by atomic mass is 10.0. The molecular formula is C13H18N2O4. The van der Waals surface area contributed by atoms with Crippen LogP contribution in [0.4, 0.5) is 4.79 Å². The SMILES string of the molecule is CC(NC(=O)N1CCCCC1C(=O)O)c1ccco1. The third-order valence-electron chi connectivity index (χ3n) is 3.36. The Balaban J connectivity index is 2.00. The van der Waals surface area contributed by atoms with Crippen molar-refractivity contribution in [3.05, 3.63) is 24.2 Å². The van der Waals surface area contributed by atoms with E-state index in [1.165, 1.54) is 4.90 Å². The highest BCUT2D eigenvalue weighted by Crippen LogP contribution is 2.19. The molecule has 1 fully saturated rings. The maximum absolute atomic E-state index is 12.1. The summed E-state index contributed by atoms with van der Waals surface area (Å²) in [5, 5.41) is 11.9. The third-order valence-corrected chi connectivity index (χ3v) is 3.36. The predicted octanol–water partition coefficient (Wildman–Crippen LogP) is 1.99. The summed E-state index contributed by atoms with van der Waals surface area (Å²) in [5.74, 6) is -0.294. The van der Waals surface area contributed by atoms with Gasteiger partial charge in [0.25, 0.3) is 0 Å². The van der Waals surface area contributed by atoms with Gasteiger partial charge in [0.1, 0.15) is 11.8 Å². The Morgan fingerprint density at radius 3 is 2.95 bits per heavy atom. The van der Waals surface area contributed by atoms with Crippen molar-refractivity contribution in [3.8, 4) is 0 Å². The summed E-state index contributed by atoms with van der Waals surface area (Å²) in [6.45, 7) is 2.28. The van der Waals surface area contributed by atoms with Gasteiger partial charge in [-0.15, -0.1) is 0 Å². The molecule has 1 saturated heterocycles. The molecule has 1 aliphatic rings. The molecule has 2 rings (SSSR count). The molecule has 104 valence electrons. The van der Waals surface area contributed by atoms with Gasteiger partial charge in [-0.2, -0.15) is 0 Å². The van der Waals surface area contributed by atoms with E-state index in [0.29, 0.717) is 18.7 Å². The molecule has 2 amide bonds. The molecule has 2 N–H and O–H groups in total. The van der Waals surface area contributed by atoms with Gasteiger partial charge >= 0.3 is 12.0 Å². The number of rotatable bonds is 3. The van der Waals surface area contributed by atoms with Crippen LogP contribution in [0, 0.1) is 0 Å². The van der Waals surface area contributed by atoms with Crippen molar-refractivity contribution in [1.82, 2.24) is 10.2 Å². The predicted molar refractivity (Wildman–Crippen MR) is 67.6 cm³/mol. The number of aliphatic carboxylic acids is 1. The van der Waals surface area contributed by atoms with Crippen molar-refractivity contribution in [2.24, 2.45) is 0 Å². The average molecular weight is 266 g/mol. The molecule has 1 aliphatic heterocycles. The van der Waals surface area contributed by atoms with Crippen molar-refractivity contribution in [2.75, 3.05) is 6.54 Å². The van der Waals surface area contributed by atoms with Crippen LogP contribution in [0.3, 0.4) is 0 Å². The summed E-state index contributed by atoms with van der Waals surface area (Å²) in [6.07, 6.45) is 3.73. The monoisotopic (exact) mass is 266 g/mol. The highest BCUT2D eigenvalue weighted by atomic mass is 16.4. The van der Waals surface area contributed by atoms with Crippen molar-refractivity contribution in [1.29, 1.82) is 0 Å². The van der Waals surface area contributed by atoms with E-state index in [1.807, 2.05) is 0 Å². The molecule has 2 atom stereocenters. The van der Waals surface area contributed by atoms with Gasteiger partial charge in [-0.05, 0) is 38.3 Å². The highest BCUT2D eigenvalue weighted by molar-refractivity contribution is 5.83. The van der Waals surface area contributed by atoms with Crippen molar-refractivity contribution in [2.45, 2.75) is 38.3 Å². The van der Waals surface area contributed by atoms with Gasteiger partial charge < -0.3 is 19.7 Å². The Morgan fingerprint density at radius 1 is 1.53 bits per heavy atom. The lowest BCUT2D eigenvalue weighted by molar-refractivity contribution is -0.143. The van der Waals surface area contributed by atoms with E-state index in [-0.39, 0.29) is 12.1 Å². The molecule has 2 heterocycles. The Hall–Kier alpha value is -1.98. The van der Waals surface area contributed by atoms with E-state index in [1.54, 1.807) is 25.3 Å². The molecule has 0 aliphatic carbocycles. The van der Waals surface area contributed by atoms with Crippen LogP contribution in [0.25, 0.3) is 0 Å². The van der Waals surface area contributed by atoms with E-state index in [4.69, 9.17) is 9.52 Å². The van der Waals surface area contributed by atoms with E-state index in [2.05, 4.69) is 5.32 Å². The van der Waals surface area contributed by atoms with Gasteiger partial charge in [0, 0.05) is 6.54 Å². The van der Waals surface area contributed by atoms with Crippen LogP contribution in [-0.2, 0) is 4.79 Å². The minimum atomic E-state index is -0.944. The Kier molecular flexibility index (Phi) is 4.09. The molecule has 1 aromatic rings. The Labute approximate surface area is 111 Å². The van der Waals surface area contributed by atoms with Crippen molar-refractivity contribution in [3.63, 3.8) is 0 Å². The molecule has 0 radical (unpaired) electrons. The van der Waals surface area contributed by atoms with Crippen LogP contribution in [0.1, 0.15) is 38.0 Å². The first-order chi connectivity index (χ1) is 9.09. The van der Waals surface area contributed by atoms with Gasteiger partial charge in [0.2, 0.25) is 0 Å². The summed E-state index contributed by atoms with van der Waals surface area (Å²) >= 11 is 0. The van der Waals surface area contributed by atoms with E-state index >= 15 is 0 Å². The Morgan fingerprint density at radius 2 is 2.32 bits per heavy atom. The normalized spacial score (nSPS) is 20.9. The number of furan rings is 1. The smallest absolute Gasteiger partial charge is 0.326 e. The number of amides is 2. The maximum Gasteiger partial charge on any atom is 0.326 e. The number of carbonyl (C=O) groups excluding carboxylic acids is 1. The number of hydrogen-bond acceptors (Lipinski definition) is 3. The third kappa shape index (κ3) is 3.07. The number of carboxylic acid groups (broad SMARTS) is 1. The summed E-state index contributed by atoms with van der Waals surface area (Å²) in [5.41, 5.74) is 0. The summed E-state index contributed by atoms with van der Waals surface area (Å²) in [7, 11) is 0. The van der Waals surface area contributed by atoms with E-state index in [0.717, 1.165) is 12.8 Å². The first-order valence-electron chi connectivity index (χ1n) is 6.43. The van der Waals surface area contributed by atoms with Crippen LogP contribution in [-0.4, -0.2) is 34.6 Å². The molecule has 0 aromatic carbocycles. The molecular weight excluding hydrogens is 248 g/mol. The van der Waals surface area contributed by atoms with Crippen LogP contribution in [0.2, 0.25) is 0 Å². The molecule has 1 aromatic heterocycles. The second kappa shape index (κ2) is 5.77. The van der Waals surface area contributed by atoms with Gasteiger partial charge in [-0.1, -0.05) is 0 Å². The number of carbonyl (C=O) groups is 2. The zero-order valence-electron chi connectivity index (χ0n) is 10.8. The number of hydrogen-bond donors (Lipinski definition) is 2. The number of piperidine rings is 1. The minimum absolute atomic E-state index is 0.279. The van der Waals surface area contributed by atoms with Crippen LogP contribution in [0.15, 0.2) is 22.8 Å². The molecule has 19 heavy (non-hydrogen) atoms. The fourth-order valence-corrected chi connectivity index (χ4v) is 2.31. The quantitative estimate of drug-likeness (QED) is 0.876. The summed E-state index contributed by atoms with van der Waals surface area (Å²) in [6, 6.07) is 2.17. The lowest BCUT2D eigenvalue weighted by Gasteiger charge is -2.33. The standard InChI is InChI=1S/C13H18N2O4/c1-9(11-6-4-8-19-11)14-13(18)15-7-3-2-5-10(15)12(16)17/h4,6,8-10H,2-3,5,7H2,1H3,(H,14,18)(H,16,17). The van der Waals surface area contributed by atoms with Gasteiger partial charge in [0.05, 0.1) is 12.3 Å². The lowest BCUT2D eigenvalue weighted by Crippen LogP contribution is -2.52. The first kappa shape index (κ1) is 13.5. The van der Waals surface area contributed by atoms with E-state index in [9.17, 15) is 9.59 Å². The van der Waals surface area contributed by atoms with Crippen molar-refractivity contribution < 1.29 is 19.1 Å². The van der Waals surface area contributed by atoms with Crippen LogP contribution in [0.5, 0.6) is 0 Å². The largest absolute Gasteiger partial charge is 0.480 e. The van der Waals surface area contributed by atoms with E-state index < -0.39 is 12.0 Å². The fourth-order valence-electron chi connectivity index (χ4n) is 2.31. The minimum Gasteiger partial charge on any atom is -0.480 e. The topological polar surface area (TPSA) is 82.8 Å². The number of likely N-dealkylation sites (tertiary alicyclic amines) is 1. The molecule has 6 nitrogen and oxygen atoms in total. The van der Waals surface area contributed by atoms with Crippen molar-refractivity contribution >= 4 is 12.0 Å². The van der Waals surface area contributed by atoms with Crippen LogP contribution < -0.4 is 5.32 Å². The van der Waals surface area contributed by atoms with Crippen LogP contribution >= 0.6 is 0 Å². The highest BCUT2D eigenvalue weighted by Gasteiger charge is 2.32. The fraction of sp³-hybridized carbons (Fsp3) is 0.538. The molecule has 0 spiro atoms. The van der Waals surface area contributed by atoms with Gasteiger partial charge in [-0.25, -0.2) is 9.59 Å².